The summed E-state index contributed by atoms with van der Waals surface area (Å²) in [5, 5.41) is 26.8. The fourth-order valence-electron chi connectivity index (χ4n) is 14.0. The number of para-hydroxylation sites is 1. The fourth-order valence-corrected chi connectivity index (χ4v) is 14.0. The molecule has 0 bridgehead atoms. The lowest BCUT2D eigenvalue weighted by Crippen LogP contribution is -2.53. The van der Waals surface area contributed by atoms with E-state index in [-0.39, 0.29) is 102 Å². The number of nitrogens with zero attached hydrogens (tertiary/aromatic N) is 4. The van der Waals surface area contributed by atoms with E-state index in [1.807, 2.05) is 59.5 Å². The molecule has 2 spiro atoms. The first-order valence-corrected chi connectivity index (χ1v) is 34.3. The number of fused-ring (bicyclic) bond motifs is 6. The van der Waals surface area contributed by atoms with Gasteiger partial charge < -0.3 is 70.1 Å². The number of unbranched alkanes of at least 4 members (excludes halogenated alkanes) is 3. The SMILES string of the molecule is COc1cc2c(cc1OCCCCCOc1cc3c(cc1OC)C(=O)N1CC4(CC4)C[C@H]1C(O)N3C(=O)OCc1ccc(NC(=O)[C@H](C)NC(=O)[C@@H](NC(=O)CCCCNC(=O)CCC(=O)N3Cc4ccccc4C#Cc4ccccc43)C(C)C)cc1)NC[C@@H]1CC3(CC3)CN1C2=O. The minimum Gasteiger partial charge on any atom is -0.493 e. The number of benzene rings is 5. The average Bonchev–Trinajstić information content (AvgIpc) is 1.57. The van der Waals surface area contributed by atoms with Gasteiger partial charge in [0.2, 0.25) is 29.5 Å². The van der Waals surface area contributed by atoms with Gasteiger partial charge in [-0.2, -0.15) is 0 Å². The van der Waals surface area contributed by atoms with Gasteiger partial charge in [-0.1, -0.05) is 68.2 Å². The van der Waals surface area contributed by atoms with Crippen LogP contribution in [0.1, 0.15) is 154 Å². The summed E-state index contributed by atoms with van der Waals surface area (Å²) < 4.78 is 29.9. The lowest BCUT2D eigenvalue weighted by atomic mass is 10.0. The van der Waals surface area contributed by atoms with Crippen LogP contribution in [0.2, 0.25) is 0 Å². The van der Waals surface area contributed by atoms with Crippen LogP contribution in [0.4, 0.5) is 27.5 Å². The zero-order valence-corrected chi connectivity index (χ0v) is 56.3. The summed E-state index contributed by atoms with van der Waals surface area (Å²) in [6.45, 7) is 8.09. The van der Waals surface area contributed by atoms with Crippen molar-refractivity contribution in [2.45, 2.75) is 154 Å². The third kappa shape index (κ3) is 15.3. The summed E-state index contributed by atoms with van der Waals surface area (Å²) in [4.78, 5) is 116. The maximum absolute atomic E-state index is 14.5. The van der Waals surface area contributed by atoms with Crippen molar-refractivity contribution < 1.29 is 67.1 Å². The molecule has 5 aliphatic heterocycles. The molecule has 23 heteroatoms. The third-order valence-corrected chi connectivity index (χ3v) is 20.0. The number of rotatable bonds is 26. The van der Waals surface area contributed by atoms with Gasteiger partial charge >= 0.3 is 6.09 Å². The minimum atomic E-state index is -1.45. The van der Waals surface area contributed by atoms with E-state index in [1.165, 1.54) is 26.9 Å². The second-order valence-corrected chi connectivity index (χ2v) is 27.5. The monoisotopic (exact) mass is 1340 g/mol. The van der Waals surface area contributed by atoms with Crippen LogP contribution in [0.15, 0.2) is 97.1 Å². The van der Waals surface area contributed by atoms with E-state index in [0.717, 1.165) is 59.5 Å². The number of anilines is 4. The van der Waals surface area contributed by atoms with Crippen molar-refractivity contribution in [2.24, 2.45) is 16.7 Å². The number of aliphatic hydroxyl groups excluding tert-OH is 1. The van der Waals surface area contributed by atoms with E-state index < -0.39 is 42.3 Å². The molecular formula is C75H87N9O14. The Kier molecular flexibility index (Phi) is 20.5. The first-order chi connectivity index (χ1) is 47.3. The van der Waals surface area contributed by atoms with Crippen LogP contribution in [0.3, 0.4) is 0 Å². The zero-order valence-electron chi connectivity index (χ0n) is 56.3. The Hall–Kier alpha value is -9.82. The van der Waals surface area contributed by atoms with Crippen molar-refractivity contribution in [1.29, 1.82) is 0 Å². The molecule has 5 aromatic carbocycles. The van der Waals surface area contributed by atoms with Crippen molar-refractivity contribution in [1.82, 2.24) is 25.8 Å². The van der Waals surface area contributed by atoms with Crippen molar-refractivity contribution >= 4 is 70.2 Å². The van der Waals surface area contributed by atoms with E-state index >= 15 is 0 Å². The molecule has 516 valence electrons. The molecule has 12 rings (SSSR count). The van der Waals surface area contributed by atoms with Crippen LogP contribution in [-0.4, -0.2) is 146 Å². The molecule has 2 saturated carbocycles. The molecule has 98 heavy (non-hydrogen) atoms. The van der Waals surface area contributed by atoms with Crippen LogP contribution in [-0.2, 0) is 41.9 Å². The summed E-state index contributed by atoms with van der Waals surface area (Å²) in [5.74, 6) is 5.45. The Bertz CT molecular complexity index is 3950. The number of amides is 8. The average molecular weight is 1340 g/mol. The maximum Gasteiger partial charge on any atom is 0.416 e. The standard InChI is InChI=1S/C75H87N9O14/c1-46(2)67(80-65(86)19-11-12-32-76-64(85)26-27-66(87)81-42-51-17-8-7-15-49(51)22-23-50-16-9-10-18-57(50)81)69(89)78-47(3)68(88)79-52-24-20-48(21-25-52)43-98-73(93)84-58-38-63(61(95-5)36-55(58)71(91)83-45-75(30-31-75)40-59(83)72(84)92)97-34-14-6-13-33-96-62-37-56-54(35-60(62)94-4)70(90)82-44-74(28-29-74)39-53(82)41-77-56/h7-10,15-18,20-21,24-25,35-38,46-47,53,59,67,72,77,92H,6,11-14,19,26-34,39-45H2,1-5H3,(H,76,85)(H,78,89)(H,79,88)(H,80,86)/t47-,53-,59-,67-,72?/m0/s1. The van der Waals surface area contributed by atoms with Gasteiger partial charge in [0.25, 0.3) is 11.8 Å². The Morgan fingerprint density at radius 3 is 2.03 bits per heavy atom. The molecule has 5 atom stereocenters. The Balaban J connectivity index is 0.585. The Morgan fingerprint density at radius 1 is 0.663 bits per heavy atom. The molecule has 0 aromatic heterocycles. The largest absolute Gasteiger partial charge is 0.493 e. The second kappa shape index (κ2) is 29.5. The lowest BCUT2D eigenvalue weighted by molar-refractivity contribution is -0.131. The number of ether oxygens (including phenoxy) is 5. The minimum absolute atomic E-state index is 0.000250. The molecule has 1 unspecified atom stereocenters. The van der Waals surface area contributed by atoms with Crippen molar-refractivity contribution in [2.75, 3.05) is 74.0 Å². The van der Waals surface area contributed by atoms with Gasteiger partial charge in [0.15, 0.2) is 29.2 Å². The summed E-state index contributed by atoms with van der Waals surface area (Å²) in [6, 6.07) is 26.0. The van der Waals surface area contributed by atoms with Gasteiger partial charge in [-0.3, -0.25) is 33.6 Å². The van der Waals surface area contributed by atoms with E-state index in [1.54, 1.807) is 73.2 Å². The molecule has 23 nitrogen and oxygen atoms in total. The van der Waals surface area contributed by atoms with Crippen LogP contribution < -0.4 is 55.3 Å². The molecular weight excluding hydrogens is 1250 g/mol. The third-order valence-electron chi connectivity index (χ3n) is 20.0. The summed E-state index contributed by atoms with van der Waals surface area (Å²) in [7, 11) is 3.04. The van der Waals surface area contributed by atoms with E-state index in [2.05, 4.69) is 38.4 Å². The van der Waals surface area contributed by atoms with Crippen molar-refractivity contribution in [3.8, 4) is 34.8 Å². The quantitative estimate of drug-likeness (QED) is 0.0223. The van der Waals surface area contributed by atoms with Gasteiger partial charge in [-0.15, -0.1) is 0 Å². The number of methoxy groups -OCH3 is 2. The number of nitrogens with one attached hydrogen (secondary N) is 5. The normalized spacial score (nSPS) is 19.2. The van der Waals surface area contributed by atoms with Crippen LogP contribution in [0, 0.1) is 28.6 Å². The molecule has 2 saturated heterocycles. The van der Waals surface area contributed by atoms with Gasteiger partial charge in [0.05, 0.1) is 68.2 Å². The molecule has 4 fully saturated rings. The van der Waals surface area contributed by atoms with Gasteiger partial charge in [-0.25, -0.2) is 9.69 Å². The molecule has 2 aliphatic carbocycles. The number of hydrogen-bond acceptors (Lipinski definition) is 15. The molecule has 7 aliphatic rings. The Morgan fingerprint density at radius 2 is 1.32 bits per heavy atom. The fraction of sp³-hybridized carbons (Fsp3) is 0.467. The topological polar surface area (TPSA) is 276 Å². The summed E-state index contributed by atoms with van der Waals surface area (Å²) in [6.07, 6.45) is 6.43. The highest BCUT2D eigenvalue weighted by Crippen LogP contribution is 2.58. The van der Waals surface area contributed by atoms with Crippen molar-refractivity contribution in [3.05, 3.63) is 130 Å². The van der Waals surface area contributed by atoms with Crippen LogP contribution in [0.5, 0.6) is 23.0 Å². The van der Waals surface area contributed by atoms with Gasteiger partial charge in [0.1, 0.15) is 18.7 Å². The zero-order chi connectivity index (χ0) is 68.8. The summed E-state index contributed by atoms with van der Waals surface area (Å²) >= 11 is 0. The molecule has 8 amide bonds. The molecule has 0 radical (unpaired) electrons. The first kappa shape index (κ1) is 68.1. The van der Waals surface area contributed by atoms with E-state index in [0.29, 0.717) is 104 Å². The molecule has 5 heterocycles. The number of carbonyl (C=O) groups excluding carboxylic acids is 8. The highest BCUT2D eigenvalue weighted by molar-refractivity contribution is 6.06. The Labute approximate surface area is 570 Å². The highest BCUT2D eigenvalue weighted by Gasteiger charge is 2.58. The number of carbonyl (C=O) groups is 8. The second-order valence-electron chi connectivity index (χ2n) is 27.5. The first-order valence-electron chi connectivity index (χ1n) is 34.3. The van der Waals surface area contributed by atoms with Gasteiger partial charge in [0, 0.05) is 80.4 Å². The van der Waals surface area contributed by atoms with Crippen molar-refractivity contribution in [3.63, 3.8) is 0 Å². The summed E-state index contributed by atoms with van der Waals surface area (Å²) in [5.41, 5.74) is 5.93. The highest BCUT2D eigenvalue weighted by atomic mass is 16.6. The lowest BCUT2D eigenvalue weighted by Gasteiger charge is -2.31. The van der Waals surface area contributed by atoms with Crippen LogP contribution >= 0.6 is 0 Å². The molecule has 6 N–H and O–H groups in total. The maximum atomic E-state index is 14.5. The predicted molar refractivity (Wildman–Crippen MR) is 366 cm³/mol. The van der Waals surface area contributed by atoms with Gasteiger partial charge in [-0.05, 0) is 148 Å². The molecule has 5 aromatic rings. The smallest absolute Gasteiger partial charge is 0.416 e. The predicted octanol–water partition coefficient (Wildman–Crippen LogP) is 8.82. The van der Waals surface area contributed by atoms with Crippen LogP contribution in [0.25, 0.3) is 0 Å². The number of hydrogen-bond donors (Lipinski definition) is 6. The van der Waals surface area contributed by atoms with E-state index in [9.17, 15) is 43.5 Å². The van der Waals surface area contributed by atoms with E-state index in [4.69, 9.17) is 23.7 Å². The number of aliphatic hydroxyl groups is 1.